The van der Waals surface area contributed by atoms with Crippen molar-refractivity contribution in [2.75, 3.05) is 6.54 Å². The van der Waals surface area contributed by atoms with Crippen LogP contribution in [-0.2, 0) is 10.3 Å². The summed E-state index contributed by atoms with van der Waals surface area (Å²) in [5.41, 5.74) is -0.264. The van der Waals surface area contributed by atoms with Crippen LogP contribution < -0.4 is 0 Å². The summed E-state index contributed by atoms with van der Waals surface area (Å²) < 4.78 is 5.92. The van der Waals surface area contributed by atoms with E-state index in [2.05, 4.69) is 28.9 Å². The monoisotopic (exact) mass is 275 g/mol. The van der Waals surface area contributed by atoms with Crippen molar-refractivity contribution in [3.8, 4) is 0 Å². The van der Waals surface area contributed by atoms with Crippen molar-refractivity contribution in [1.29, 1.82) is 0 Å². The number of hydrogen-bond acceptors (Lipinski definition) is 4. The van der Waals surface area contributed by atoms with Gasteiger partial charge in [0.05, 0.1) is 0 Å². The highest BCUT2D eigenvalue weighted by Crippen LogP contribution is 2.57. The number of hydrogen-bond donors (Lipinski definition) is 0. The highest BCUT2D eigenvalue weighted by atomic mass is 16.4. The molecular formula is C15H21N3O2. The zero-order chi connectivity index (χ0) is 13.9. The molecule has 0 N–H and O–H groups in total. The summed E-state index contributed by atoms with van der Waals surface area (Å²) in [5, 5.41) is 8.47. The molecule has 1 saturated heterocycles. The molecule has 0 bridgehead atoms. The maximum absolute atomic E-state index is 12.6. The Balaban J connectivity index is 1.69. The minimum absolute atomic E-state index is 0.236. The van der Waals surface area contributed by atoms with Gasteiger partial charge in [-0.05, 0) is 38.0 Å². The van der Waals surface area contributed by atoms with Crippen molar-refractivity contribution in [1.82, 2.24) is 15.1 Å². The Morgan fingerprint density at radius 3 is 2.65 bits per heavy atom. The first kappa shape index (κ1) is 12.4. The standard InChI is InChI=1S/C15H21N3O2/c1-9(2)12-16-17-14(20-12)15-7-5-11(15)6-8-18(15)13(19)10-3-4-10/h9-11H,3-8H2,1-2H3/t11-,15-/m0/s1. The molecule has 3 aliphatic rings. The molecule has 0 aromatic carbocycles. The molecule has 5 heteroatoms. The van der Waals surface area contributed by atoms with Gasteiger partial charge in [-0.15, -0.1) is 10.2 Å². The number of likely N-dealkylation sites (tertiary alicyclic amines) is 1. The summed E-state index contributed by atoms with van der Waals surface area (Å²) in [7, 11) is 0. The molecule has 1 amide bonds. The van der Waals surface area contributed by atoms with E-state index in [0.29, 0.717) is 23.6 Å². The predicted molar refractivity (Wildman–Crippen MR) is 71.8 cm³/mol. The van der Waals surface area contributed by atoms with Gasteiger partial charge in [0.1, 0.15) is 5.54 Å². The van der Waals surface area contributed by atoms with Crippen molar-refractivity contribution in [3.05, 3.63) is 11.8 Å². The Bertz CT molecular complexity index is 549. The van der Waals surface area contributed by atoms with Crippen LogP contribution in [0.4, 0.5) is 0 Å². The van der Waals surface area contributed by atoms with E-state index in [-0.39, 0.29) is 17.4 Å². The van der Waals surface area contributed by atoms with Gasteiger partial charge in [0.25, 0.3) is 0 Å². The fourth-order valence-electron chi connectivity index (χ4n) is 3.74. The molecule has 20 heavy (non-hydrogen) atoms. The molecule has 1 aliphatic heterocycles. The number of amides is 1. The minimum atomic E-state index is -0.264. The Morgan fingerprint density at radius 1 is 1.30 bits per heavy atom. The van der Waals surface area contributed by atoms with E-state index in [4.69, 9.17) is 4.42 Å². The third kappa shape index (κ3) is 1.52. The molecule has 2 saturated carbocycles. The Hall–Kier alpha value is -1.39. The van der Waals surface area contributed by atoms with Crippen molar-refractivity contribution < 1.29 is 9.21 Å². The number of aromatic nitrogens is 2. The lowest BCUT2D eigenvalue weighted by molar-refractivity contribution is -0.143. The van der Waals surface area contributed by atoms with Gasteiger partial charge < -0.3 is 9.32 Å². The molecular weight excluding hydrogens is 254 g/mol. The van der Waals surface area contributed by atoms with Gasteiger partial charge in [-0.25, -0.2) is 0 Å². The zero-order valence-corrected chi connectivity index (χ0v) is 12.1. The average Bonchev–Trinajstić information content (AvgIpc) is 3.07. The van der Waals surface area contributed by atoms with Crippen LogP contribution in [0.1, 0.15) is 63.7 Å². The van der Waals surface area contributed by atoms with Gasteiger partial charge in [-0.1, -0.05) is 13.8 Å². The van der Waals surface area contributed by atoms with E-state index in [9.17, 15) is 4.79 Å². The Morgan fingerprint density at radius 2 is 2.10 bits per heavy atom. The van der Waals surface area contributed by atoms with E-state index >= 15 is 0 Å². The molecule has 1 aromatic heterocycles. The topological polar surface area (TPSA) is 59.2 Å². The van der Waals surface area contributed by atoms with Crippen LogP contribution in [0.25, 0.3) is 0 Å². The van der Waals surface area contributed by atoms with Gasteiger partial charge in [0, 0.05) is 18.4 Å². The number of nitrogens with zero attached hydrogens (tertiary/aromatic N) is 3. The van der Waals surface area contributed by atoms with E-state index in [0.717, 1.165) is 32.2 Å². The highest BCUT2D eigenvalue weighted by Gasteiger charge is 2.62. The van der Waals surface area contributed by atoms with E-state index < -0.39 is 0 Å². The highest BCUT2D eigenvalue weighted by molar-refractivity contribution is 5.82. The quantitative estimate of drug-likeness (QED) is 0.850. The fraction of sp³-hybridized carbons (Fsp3) is 0.800. The number of carbonyl (C=O) groups excluding carboxylic acids is 1. The SMILES string of the molecule is CC(C)c1nnc([C@]23CC[C@H]2CCN3C(=O)C2CC2)o1. The maximum atomic E-state index is 12.6. The van der Waals surface area contributed by atoms with Crippen molar-refractivity contribution in [2.45, 2.75) is 57.4 Å². The summed E-state index contributed by atoms with van der Waals surface area (Å²) in [5.74, 6) is 2.70. The summed E-state index contributed by atoms with van der Waals surface area (Å²) in [4.78, 5) is 14.6. The largest absolute Gasteiger partial charge is 0.422 e. The first-order valence-corrected chi connectivity index (χ1v) is 7.78. The van der Waals surface area contributed by atoms with Crippen LogP contribution in [0, 0.1) is 11.8 Å². The summed E-state index contributed by atoms with van der Waals surface area (Å²) >= 11 is 0. The Kier molecular flexibility index (Phi) is 2.51. The third-order valence-corrected chi connectivity index (χ3v) is 5.23. The number of rotatable bonds is 3. The van der Waals surface area contributed by atoms with Gasteiger partial charge >= 0.3 is 0 Å². The van der Waals surface area contributed by atoms with Gasteiger partial charge in [0.15, 0.2) is 0 Å². The summed E-state index contributed by atoms with van der Waals surface area (Å²) in [6.45, 7) is 4.96. The molecule has 3 fully saturated rings. The van der Waals surface area contributed by atoms with E-state index in [1.165, 1.54) is 6.42 Å². The second-order valence-corrected chi connectivity index (χ2v) is 6.81. The first-order valence-electron chi connectivity index (χ1n) is 7.78. The zero-order valence-electron chi connectivity index (χ0n) is 12.1. The maximum Gasteiger partial charge on any atom is 0.242 e. The lowest BCUT2D eigenvalue weighted by atomic mass is 9.67. The van der Waals surface area contributed by atoms with Gasteiger partial charge in [-0.2, -0.15) is 0 Å². The summed E-state index contributed by atoms with van der Waals surface area (Å²) in [6.07, 6.45) is 5.34. The lowest BCUT2D eigenvalue weighted by Crippen LogP contribution is -2.54. The second-order valence-electron chi connectivity index (χ2n) is 6.81. The van der Waals surface area contributed by atoms with Crippen molar-refractivity contribution in [2.24, 2.45) is 11.8 Å². The van der Waals surface area contributed by atoms with Gasteiger partial charge in [0.2, 0.25) is 17.7 Å². The number of carbonyl (C=O) groups is 1. The third-order valence-electron chi connectivity index (χ3n) is 5.23. The average molecular weight is 275 g/mol. The molecule has 2 atom stereocenters. The van der Waals surface area contributed by atoms with Crippen molar-refractivity contribution in [3.63, 3.8) is 0 Å². The van der Waals surface area contributed by atoms with Crippen LogP contribution in [0.5, 0.6) is 0 Å². The van der Waals surface area contributed by atoms with Crippen LogP contribution in [0.15, 0.2) is 4.42 Å². The molecule has 1 aromatic rings. The van der Waals surface area contributed by atoms with Crippen molar-refractivity contribution >= 4 is 5.91 Å². The molecule has 2 heterocycles. The Labute approximate surface area is 118 Å². The van der Waals surface area contributed by atoms with Crippen LogP contribution in [0.2, 0.25) is 0 Å². The minimum Gasteiger partial charge on any atom is -0.422 e. The fourth-order valence-corrected chi connectivity index (χ4v) is 3.74. The molecule has 4 rings (SSSR count). The first-order chi connectivity index (χ1) is 9.63. The number of fused-ring (bicyclic) bond motifs is 1. The van der Waals surface area contributed by atoms with E-state index in [1.807, 2.05) is 0 Å². The molecule has 5 nitrogen and oxygen atoms in total. The summed E-state index contributed by atoms with van der Waals surface area (Å²) in [6, 6.07) is 0. The molecule has 0 spiro atoms. The molecule has 0 unspecified atom stereocenters. The molecule has 2 aliphatic carbocycles. The van der Waals surface area contributed by atoms with Gasteiger partial charge in [-0.3, -0.25) is 4.79 Å². The predicted octanol–water partition coefficient (Wildman–Crippen LogP) is 2.44. The van der Waals surface area contributed by atoms with Crippen LogP contribution >= 0.6 is 0 Å². The lowest BCUT2D eigenvalue weighted by Gasteiger charge is -2.47. The van der Waals surface area contributed by atoms with E-state index in [1.54, 1.807) is 0 Å². The van der Waals surface area contributed by atoms with Crippen LogP contribution in [-0.4, -0.2) is 27.5 Å². The second kappa shape index (κ2) is 4.06. The molecule has 0 radical (unpaired) electrons. The smallest absolute Gasteiger partial charge is 0.242 e. The molecule has 108 valence electrons. The normalized spacial score (nSPS) is 32.4. The van der Waals surface area contributed by atoms with Crippen LogP contribution in [0.3, 0.4) is 0 Å².